The highest BCUT2D eigenvalue weighted by molar-refractivity contribution is 7.80. The van der Waals surface area contributed by atoms with Crippen LogP contribution in [-0.4, -0.2) is 11.0 Å². The second-order valence-electron chi connectivity index (χ2n) is 3.84. The monoisotopic (exact) mass is 251 g/mol. The molecule has 0 saturated heterocycles. The summed E-state index contributed by atoms with van der Waals surface area (Å²) >= 11 is 4.80. The van der Waals surface area contributed by atoms with Crippen molar-refractivity contribution in [1.82, 2.24) is 0 Å². The van der Waals surface area contributed by atoms with E-state index in [2.05, 4.69) is 10.6 Å². The predicted octanol–water partition coefficient (Wildman–Crippen LogP) is 2.39. The number of rotatable bonds is 4. The highest BCUT2D eigenvalue weighted by Crippen LogP contribution is 2.23. The molecule has 0 radical (unpaired) electrons. The van der Waals surface area contributed by atoms with Gasteiger partial charge in [0.2, 0.25) is 5.91 Å². The Kier molecular flexibility index (Phi) is 4.90. The Labute approximate surface area is 107 Å². The summed E-state index contributed by atoms with van der Waals surface area (Å²) in [5.74, 6) is -0.0117. The molecule has 0 spiro atoms. The van der Waals surface area contributed by atoms with Crippen LogP contribution in [0.25, 0.3) is 0 Å². The standard InChI is InChI=1S/C12H17N3OS/c1-3-4-11(16)14-9-6-5-8(2)7-10(9)15-12(13)17/h5-7H,3-4H2,1-2H3,(H,14,16)(H3,13,15,17). The van der Waals surface area contributed by atoms with E-state index in [1.165, 1.54) is 0 Å². The zero-order chi connectivity index (χ0) is 12.8. The number of aryl methyl sites for hydroxylation is 1. The van der Waals surface area contributed by atoms with Crippen LogP contribution >= 0.6 is 12.2 Å². The number of hydrogen-bond donors (Lipinski definition) is 3. The van der Waals surface area contributed by atoms with E-state index in [0.717, 1.165) is 17.7 Å². The molecule has 0 aliphatic rings. The summed E-state index contributed by atoms with van der Waals surface area (Å²) < 4.78 is 0. The van der Waals surface area contributed by atoms with Crippen molar-refractivity contribution in [2.45, 2.75) is 26.7 Å². The van der Waals surface area contributed by atoms with Crippen molar-refractivity contribution >= 4 is 34.6 Å². The van der Waals surface area contributed by atoms with Crippen LogP contribution in [0, 0.1) is 6.92 Å². The van der Waals surface area contributed by atoms with Gasteiger partial charge in [0, 0.05) is 6.42 Å². The molecular weight excluding hydrogens is 234 g/mol. The molecule has 0 aliphatic heterocycles. The molecule has 0 saturated carbocycles. The Balaban J connectivity index is 2.89. The van der Waals surface area contributed by atoms with Crippen LogP contribution in [0.2, 0.25) is 0 Å². The first-order valence-electron chi connectivity index (χ1n) is 5.50. The lowest BCUT2D eigenvalue weighted by atomic mass is 10.2. The van der Waals surface area contributed by atoms with Crippen LogP contribution in [0.1, 0.15) is 25.3 Å². The Morgan fingerprint density at radius 3 is 2.65 bits per heavy atom. The molecule has 1 aromatic rings. The number of anilines is 2. The fraction of sp³-hybridized carbons (Fsp3) is 0.333. The minimum absolute atomic E-state index is 0.0117. The third-order valence-corrected chi connectivity index (χ3v) is 2.29. The van der Waals surface area contributed by atoms with Crippen LogP contribution in [0.4, 0.5) is 11.4 Å². The van der Waals surface area contributed by atoms with Gasteiger partial charge in [0.15, 0.2) is 5.11 Å². The molecule has 4 nitrogen and oxygen atoms in total. The summed E-state index contributed by atoms with van der Waals surface area (Å²) in [6, 6.07) is 5.65. The largest absolute Gasteiger partial charge is 0.376 e. The van der Waals surface area contributed by atoms with E-state index in [4.69, 9.17) is 18.0 Å². The van der Waals surface area contributed by atoms with E-state index >= 15 is 0 Å². The van der Waals surface area contributed by atoms with Crippen LogP contribution < -0.4 is 16.4 Å². The maximum absolute atomic E-state index is 11.5. The number of nitrogens with two attached hydrogens (primary N) is 1. The number of hydrogen-bond acceptors (Lipinski definition) is 2. The third-order valence-electron chi connectivity index (χ3n) is 2.18. The first kappa shape index (κ1) is 13.4. The smallest absolute Gasteiger partial charge is 0.224 e. The molecule has 0 heterocycles. The van der Waals surface area contributed by atoms with Crippen molar-refractivity contribution in [3.05, 3.63) is 23.8 Å². The summed E-state index contributed by atoms with van der Waals surface area (Å²) in [5, 5.41) is 5.87. The Bertz CT molecular complexity index is 432. The Hall–Kier alpha value is -1.62. The number of carbonyl (C=O) groups is 1. The zero-order valence-corrected chi connectivity index (χ0v) is 10.9. The van der Waals surface area contributed by atoms with Crippen molar-refractivity contribution in [1.29, 1.82) is 0 Å². The van der Waals surface area contributed by atoms with E-state index in [-0.39, 0.29) is 11.0 Å². The normalized spacial score (nSPS) is 9.76. The first-order valence-corrected chi connectivity index (χ1v) is 5.90. The molecule has 0 bridgehead atoms. The highest BCUT2D eigenvalue weighted by Gasteiger charge is 2.06. The molecule has 0 unspecified atom stereocenters. The number of benzene rings is 1. The molecule has 0 atom stereocenters. The highest BCUT2D eigenvalue weighted by atomic mass is 32.1. The molecule has 1 rings (SSSR count). The van der Waals surface area contributed by atoms with Gasteiger partial charge in [-0.3, -0.25) is 4.79 Å². The van der Waals surface area contributed by atoms with Crippen LogP contribution in [0.15, 0.2) is 18.2 Å². The lowest BCUT2D eigenvalue weighted by molar-refractivity contribution is -0.116. The molecule has 0 fully saturated rings. The lowest BCUT2D eigenvalue weighted by Crippen LogP contribution is -2.21. The fourth-order valence-electron chi connectivity index (χ4n) is 1.44. The molecule has 5 heteroatoms. The number of amides is 1. The summed E-state index contributed by atoms with van der Waals surface area (Å²) in [6.07, 6.45) is 1.32. The topological polar surface area (TPSA) is 67.2 Å². The molecular formula is C12H17N3OS. The van der Waals surface area contributed by atoms with Gasteiger partial charge in [-0.15, -0.1) is 0 Å². The van der Waals surface area contributed by atoms with E-state index in [1.54, 1.807) is 0 Å². The predicted molar refractivity (Wildman–Crippen MR) is 75.1 cm³/mol. The summed E-state index contributed by atoms with van der Waals surface area (Å²) in [5.41, 5.74) is 7.93. The SMILES string of the molecule is CCCC(=O)Nc1ccc(C)cc1NC(N)=S. The Morgan fingerprint density at radius 2 is 2.06 bits per heavy atom. The maximum Gasteiger partial charge on any atom is 0.224 e. The van der Waals surface area contributed by atoms with E-state index in [9.17, 15) is 4.79 Å². The van der Waals surface area contributed by atoms with Gasteiger partial charge in [-0.05, 0) is 43.3 Å². The fourth-order valence-corrected chi connectivity index (χ4v) is 1.55. The second kappa shape index (κ2) is 6.20. The van der Waals surface area contributed by atoms with Gasteiger partial charge >= 0.3 is 0 Å². The molecule has 17 heavy (non-hydrogen) atoms. The average Bonchev–Trinajstić information content (AvgIpc) is 2.21. The van der Waals surface area contributed by atoms with Crippen LogP contribution in [0.3, 0.4) is 0 Å². The first-order chi connectivity index (χ1) is 8.02. The van der Waals surface area contributed by atoms with Gasteiger partial charge in [0.25, 0.3) is 0 Å². The number of carbonyl (C=O) groups excluding carboxylic acids is 1. The van der Waals surface area contributed by atoms with Crippen molar-refractivity contribution in [3.63, 3.8) is 0 Å². The maximum atomic E-state index is 11.5. The molecule has 1 aromatic carbocycles. The molecule has 4 N–H and O–H groups in total. The Morgan fingerprint density at radius 1 is 1.35 bits per heavy atom. The molecule has 92 valence electrons. The van der Waals surface area contributed by atoms with Crippen LogP contribution in [0.5, 0.6) is 0 Å². The molecule has 0 aromatic heterocycles. The lowest BCUT2D eigenvalue weighted by Gasteiger charge is -2.12. The van der Waals surface area contributed by atoms with E-state index in [1.807, 2.05) is 32.0 Å². The van der Waals surface area contributed by atoms with Gasteiger partial charge in [0.1, 0.15) is 0 Å². The van der Waals surface area contributed by atoms with Crippen molar-refractivity contribution in [2.75, 3.05) is 10.6 Å². The van der Waals surface area contributed by atoms with E-state index in [0.29, 0.717) is 12.1 Å². The quantitative estimate of drug-likeness (QED) is 0.719. The second-order valence-corrected chi connectivity index (χ2v) is 4.28. The van der Waals surface area contributed by atoms with Gasteiger partial charge in [-0.1, -0.05) is 13.0 Å². The summed E-state index contributed by atoms with van der Waals surface area (Å²) in [4.78, 5) is 11.5. The zero-order valence-electron chi connectivity index (χ0n) is 10.0. The summed E-state index contributed by atoms with van der Waals surface area (Å²) in [7, 11) is 0. The number of nitrogens with one attached hydrogen (secondary N) is 2. The minimum Gasteiger partial charge on any atom is -0.376 e. The van der Waals surface area contributed by atoms with Gasteiger partial charge < -0.3 is 16.4 Å². The van der Waals surface area contributed by atoms with Gasteiger partial charge in [0.05, 0.1) is 11.4 Å². The molecule has 1 amide bonds. The van der Waals surface area contributed by atoms with Crippen LogP contribution in [-0.2, 0) is 4.79 Å². The van der Waals surface area contributed by atoms with E-state index < -0.39 is 0 Å². The minimum atomic E-state index is -0.0117. The van der Waals surface area contributed by atoms with Crippen molar-refractivity contribution in [3.8, 4) is 0 Å². The number of thiocarbonyl (C=S) groups is 1. The summed E-state index contributed by atoms with van der Waals surface area (Å²) in [6.45, 7) is 3.92. The van der Waals surface area contributed by atoms with Gasteiger partial charge in [-0.25, -0.2) is 0 Å². The van der Waals surface area contributed by atoms with Crippen molar-refractivity contribution < 1.29 is 4.79 Å². The molecule has 0 aliphatic carbocycles. The third kappa shape index (κ3) is 4.40. The van der Waals surface area contributed by atoms with Gasteiger partial charge in [-0.2, -0.15) is 0 Å². The average molecular weight is 251 g/mol. The van der Waals surface area contributed by atoms with Crippen molar-refractivity contribution in [2.24, 2.45) is 5.73 Å².